The van der Waals surface area contributed by atoms with Gasteiger partial charge in [0.05, 0.1) is 5.56 Å². The van der Waals surface area contributed by atoms with Gasteiger partial charge in [0.25, 0.3) is 5.91 Å². The van der Waals surface area contributed by atoms with Crippen LogP contribution in [0.25, 0.3) is 11.0 Å². The molecular weight excluding hydrogens is 209 g/mol. The molecule has 0 saturated carbocycles. The molecule has 2 aromatic rings. The number of rotatable bonds is 1. The third-order valence-corrected chi connectivity index (χ3v) is 2.91. The Morgan fingerprint density at radius 3 is 2.88 bits per heavy atom. The fourth-order valence-electron chi connectivity index (χ4n) is 1.86. The number of carbonyl (C=O) groups is 1. The predicted molar refractivity (Wildman–Crippen MR) is 56.7 cm³/mol. The van der Waals surface area contributed by atoms with Crippen LogP contribution in [0.15, 0.2) is 28.9 Å². The van der Waals surface area contributed by atoms with E-state index in [-0.39, 0.29) is 11.7 Å². The lowest BCUT2D eigenvalue weighted by Gasteiger charge is -2.30. The summed E-state index contributed by atoms with van der Waals surface area (Å²) in [7, 11) is 0. The molecule has 82 valence electrons. The predicted octanol–water partition coefficient (Wildman–Crippen LogP) is 2.42. The van der Waals surface area contributed by atoms with E-state index in [0.29, 0.717) is 16.5 Å². The van der Waals surface area contributed by atoms with Crippen LogP contribution in [-0.4, -0.2) is 23.9 Å². The van der Waals surface area contributed by atoms with Gasteiger partial charge in [-0.3, -0.25) is 4.79 Å². The Hall–Kier alpha value is -1.84. The van der Waals surface area contributed by atoms with E-state index in [9.17, 15) is 9.18 Å². The quantitative estimate of drug-likeness (QED) is 0.738. The van der Waals surface area contributed by atoms with Crippen molar-refractivity contribution < 1.29 is 13.6 Å². The third-order valence-electron chi connectivity index (χ3n) is 2.91. The summed E-state index contributed by atoms with van der Waals surface area (Å²) >= 11 is 0. The number of hydrogen-bond donors (Lipinski definition) is 0. The molecule has 3 rings (SSSR count). The molecule has 1 aliphatic heterocycles. The number of fused-ring (bicyclic) bond motifs is 1. The highest BCUT2D eigenvalue weighted by Crippen LogP contribution is 2.24. The highest BCUT2D eigenvalue weighted by molar-refractivity contribution is 6.06. The zero-order valence-electron chi connectivity index (χ0n) is 8.57. The third kappa shape index (κ3) is 1.30. The van der Waals surface area contributed by atoms with E-state index in [0.717, 1.165) is 19.5 Å². The van der Waals surface area contributed by atoms with Gasteiger partial charge in [-0.2, -0.15) is 0 Å². The molecule has 0 spiro atoms. The second kappa shape index (κ2) is 3.33. The van der Waals surface area contributed by atoms with Crippen molar-refractivity contribution in [1.82, 2.24) is 4.90 Å². The first-order valence-corrected chi connectivity index (χ1v) is 5.22. The van der Waals surface area contributed by atoms with Crippen LogP contribution in [0.1, 0.15) is 16.8 Å². The van der Waals surface area contributed by atoms with Crippen LogP contribution in [-0.2, 0) is 0 Å². The Morgan fingerprint density at radius 2 is 2.19 bits per heavy atom. The standard InChI is InChI=1S/C12H10FNO2/c13-8-2-3-11-9(6-8)10(7-16-11)12(15)14-4-1-5-14/h2-3,6-7H,1,4-5H2. The summed E-state index contributed by atoms with van der Waals surface area (Å²) in [5, 5.41) is 0.553. The molecule has 1 amide bonds. The van der Waals surface area contributed by atoms with Crippen LogP contribution in [0.4, 0.5) is 4.39 Å². The van der Waals surface area contributed by atoms with Crippen LogP contribution in [0, 0.1) is 5.82 Å². The van der Waals surface area contributed by atoms with Gasteiger partial charge < -0.3 is 9.32 Å². The molecule has 1 fully saturated rings. The first kappa shape index (κ1) is 9.39. The molecule has 3 nitrogen and oxygen atoms in total. The molecular formula is C12H10FNO2. The van der Waals surface area contributed by atoms with Gasteiger partial charge in [-0.1, -0.05) is 0 Å². The molecule has 1 saturated heterocycles. The summed E-state index contributed by atoms with van der Waals surface area (Å²) < 4.78 is 18.3. The number of benzene rings is 1. The summed E-state index contributed by atoms with van der Waals surface area (Å²) in [5.41, 5.74) is 1.000. The van der Waals surface area contributed by atoms with E-state index < -0.39 is 0 Å². The topological polar surface area (TPSA) is 33.5 Å². The maximum atomic E-state index is 13.1. The van der Waals surface area contributed by atoms with E-state index in [1.54, 1.807) is 4.90 Å². The molecule has 0 bridgehead atoms. The average molecular weight is 219 g/mol. The largest absolute Gasteiger partial charge is 0.463 e. The van der Waals surface area contributed by atoms with Gasteiger partial charge in [-0.25, -0.2) is 4.39 Å². The minimum absolute atomic E-state index is 0.0735. The Bertz CT molecular complexity index is 557. The number of amides is 1. The second-order valence-corrected chi connectivity index (χ2v) is 3.94. The molecule has 0 unspecified atom stereocenters. The lowest BCUT2D eigenvalue weighted by atomic mass is 10.1. The monoisotopic (exact) mass is 219 g/mol. The molecule has 1 aromatic carbocycles. The van der Waals surface area contributed by atoms with E-state index >= 15 is 0 Å². The van der Waals surface area contributed by atoms with Crippen LogP contribution in [0.2, 0.25) is 0 Å². The van der Waals surface area contributed by atoms with Gasteiger partial charge in [-0.15, -0.1) is 0 Å². The molecule has 1 aromatic heterocycles. The number of halogens is 1. The fourth-order valence-corrected chi connectivity index (χ4v) is 1.86. The Morgan fingerprint density at radius 1 is 1.38 bits per heavy atom. The second-order valence-electron chi connectivity index (χ2n) is 3.94. The SMILES string of the molecule is O=C(c1coc2ccc(F)cc12)N1CCC1. The fraction of sp³-hybridized carbons (Fsp3) is 0.250. The van der Waals surface area contributed by atoms with Crippen LogP contribution < -0.4 is 0 Å². The lowest BCUT2D eigenvalue weighted by molar-refractivity contribution is 0.0653. The first-order chi connectivity index (χ1) is 7.75. The average Bonchev–Trinajstić information content (AvgIpc) is 2.57. The molecule has 16 heavy (non-hydrogen) atoms. The van der Waals surface area contributed by atoms with Crippen molar-refractivity contribution in [1.29, 1.82) is 0 Å². The van der Waals surface area contributed by atoms with Crippen molar-refractivity contribution in [3.8, 4) is 0 Å². The Labute approximate surface area is 91.4 Å². The molecule has 1 aliphatic rings. The molecule has 0 radical (unpaired) electrons. The van der Waals surface area contributed by atoms with Crippen LogP contribution in [0.5, 0.6) is 0 Å². The van der Waals surface area contributed by atoms with Crippen molar-refractivity contribution in [3.05, 3.63) is 35.8 Å². The first-order valence-electron chi connectivity index (χ1n) is 5.22. The zero-order chi connectivity index (χ0) is 11.1. The van der Waals surface area contributed by atoms with Crippen molar-refractivity contribution >= 4 is 16.9 Å². The van der Waals surface area contributed by atoms with Gasteiger partial charge in [0.15, 0.2) is 0 Å². The van der Waals surface area contributed by atoms with Crippen LogP contribution in [0.3, 0.4) is 0 Å². The number of likely N-dealkylation sites (tertiary alicyclic amines) is 1. The Kier molecular flexibility index (Phi) is 1.96. The van der Waals surface area contributed by atoms with E-state index in [2.05, 4.69) is 0 Å². The number of furan rings is 1. The number of carbonyl (C=O) groups excluding carboxylic acids is 1. The smallest absolute Gasteiger partial charge is 0.257 e. The summed E-state index contributed by atoms with van der Waals surface area (Å²) in [6.07, 6.45) is 2.45. The maximum absolute atomic E-state index is 13.1. The van der Waals surface area contributed by atoms with Crippen molar-refractivity contribution in [2.45, 2.75) is 6.42 Å². The minimum Gasteiger partial charge on any atom is -0.463 e. The van der Waals surface area contributed by atoms with E-state index in [1.165, 1.54) is 24.5 Å². The van der Waals surface area contributed by atoms with Gasteiger partial charge in [0, 0.05) is 18.5 Å². The molecule has 2 heterocycles. The molecule has 0 N–H and O–H groups in total. The normalized spacial score (nSPS) is 15.2. The maximum Gasteiger partial charge on any atom is 0.257 e. The van der Waals surface area contributed by atoms with Crippen LogP contribution >= 0.6 is 0 Å². The highest BCUT2D eigenvalue weighted by Gasteiger charge is 2.24. The van der Waals surface area contributed by atoms with Crippen molar-refractivity contribution in [2.75, 3.05) is 13.1 Å². The van der Waals surface area contributed by atoms with Crippen molar-refractivity contribution in [3.63, 3.8) is 0 Å². The number of hydrogen-bond acceptors (Lipinski definition) is 2. The van der Waals surface area contributed by atoms with Gasteiger partial charge in [0.2, 0.25) is 0 Å². The lowest BCUT2D eigenvalue weighted by Crippen LogP contribution is -2.41. The minimum atomic E-state index is -0.355. The summed E-state index contributed by atoms with van der Waals surface area (Å²) in [5.74, 6) is -0.429. The number of nitrogens with zero attached hydrogens (tertiary/aromatic N) is 1. The van der Waals surface area contributed by atoms with Crippen molar-refractivity contribution in [2.24, 2.45) is 0 Å². The molecule has 0 aliphatic carbocycles. The zero-order valence-corrected chi connectivity index (χ0v) is 8.57. The summed E-state index contributed by atoms with van der Waals surface area (Å²) in [6.45, 7) is 1.56. The van der Waals surface area contributed by atoms with Gasteiger partial charge in [0.1, 0.15) is 17.7 Å². The highest BCUT2D eigenvalue weighted by atomic mass is 19.1. The van der Waals surface area contributed by atoms with E-state index in [1.807, 2.05) is 0 Å². The summed E-state index contributed by atoms with van der Waals surface area (Å²) in [6, 6.07) is 4.20. The van der Waals surface area contributed by atoms with Gasteiger partial charge >= 0.3 is 0 Å². The Balaban J connectivity index is 2.08. The van der Waals surface area contributed by atoms with E-state index in [4.69, 9.17) is 4.42 Å². The van der Waals surface area contributed by atoms with Gasteiger partial charge in [-0.05, 0) is 24.6 Å². The molecule has 0 atom stereocenters. The molecule has 4 heteroatoms. The summed E-state index contributed by atoms with van der Waals surface area (Å²) in [4.78, 5) is 13.7.